The number of nitrogens with one attached hydrogen (secondary N) is 1. The normalized spacial score (nSPS) is 16.4. The van der Waals surface area contributed by atoms with Crippen LogP contribution in [-0.2, 0) is 4.79 Å². The highest BCUT2D eigenvalue weighted by Crippen LogP contribution is 2.47. The Morgan fingerprint density at radius 3 is 2.60 bits per heavy atom. The Kier molecular flexibility index (Phi) is 3.84. The molecule has 1 aliphatic heterocycles. The van der Waals surface area contributed by atoms with Crippen LogP contribution in [0, 0.1) is 17.5 Å². The molecule has 0 saturated carbocycles. The Morgan fingerprint density at radius 1 is 1.04 bits per heavy atom. The lowest BCUT2D eigenvalue weighted by atomic mass is 9.89. The minimum atomic E-state index is -0.675. The van der Waals surface area contributed by atoms with Gasteiger partial charge in [0.2, 0.25) is 5.91 Å². The molecule has 0 fully saturated rings. The Balaban J connectivity index is 1.84. The second kappa shape index (κ2) is 6.04. The number of thiophene rings is 1. The van der Waals surface area contributed by atoms with E-state index in [2.05, 4.69) is 5.32 Å². The maximum Gasteiger partial charge on any atom is 0.225 e. The average molecular weight is 359 g/mol. The lowest BCUT2D eigenvalue weighted by Crippen LogP contribution is -2.23. The summed E-state index contributed by atoms with van der Waals surface area (Å²) >= 11 is 1.37. The van der Waals surface area contributed by atoms with Gasteiger partial charge < -0.3 is 5.32 Å². The van der Waals surface area contributed by atoms with Crippen molar-refractivity contribution < 1.29 is 18.0 Å². The molecule has 126 valence electrons. The van der Waals surface area contributed by atoms with Gasteiger partial charge in [0, 0.05) is 34.2 Å². The minimum Gasteiger partial charge on any atom is -0.325 e. The van der Waals surface area contributed by atoms with Gasteiger partial charge in [-0.05, 0) is 29.3 Å². The number of amides is 1. The summed E-state index contributed by atoms with van der Waals surface area (Å²) in [6, 6.07) is 9.46. The maximum atomic E-state index is 14.2. The van der Waals surface area contributed by atoms with Crippen LogP contribution in [0.3, 0.4) is 0 Å². The number of carbonyl (C=O) groups is 1. The van der Waals surface area contributed by atoms with Gasteiger partial charge in [0.05, 0.1) is 5.69 Å². The van der Waals surface area contributed by atoms with E-state index in [4.69, 9.17) is 0 Å². The predicted octanol–water partition coefficient (Wildman–Crippen LogP) is 5.31. The summed E-state index contributed by atoms with van der Waals surface area (Å²) in [5.74, 6) is -2.45. The van der Waals surface area contributed by atoms with E-state index in [9.17, 15) is 18.0 Å². The topological polar surface area (TPSA) is 29.1 Å². The highest BCUT2D eigenvalue weighted by molar-refractivity contribution is 7.11. The van der Waals surface area contributed by atoms with Gasteiger partial charge in [-0.2, -0.15) is 0 Å². The van der Waals surface area contributed by atoms with E-state index >= 15 is 0 Å². The van der Waals surface area contributed by atoms with Crippen molar-refractivity contribution in [2.24, 2.45) is 0 Å². The fourth-order valence-corrected chi connectivity index (χ4v) is 4.28. The number of hydrogen-bond donors (Lipinski definition) is 1. The molecule has 0 radical (unpaired) electrons. The van der Waals surface area contributed by atoms with E-state index in [0.717, 1.165) is 10.9 Å². The first-order valence-electron chi connectivity index (χ1n) is 7.65. The summed E-state index contributed by atoms with van der Waals surface area (Å²) in [5, 5.41) is 4.63. The molecule has 1 aromatic heterocycles. The Hall–Kier alpha value is -2.60. The standard InChI is InChI=1S/C19H12F3NOS/c20-11-3-1-2-10(6-11)15-9-25-19-14(8-17(24)23-18(15)19)13-5-4-12(21)7-16(13)22/h1-7,9,14H,8H2,(H,23,24). The molecular weight excluding hydrogens is 347 g/mol. The Labute approximate surface area is 145 Å². The zero-order valence-corrected chi connectivity index (χ0v) is 13.7. The van der Waals surface area contributed by atoms with Crippen molar-refractivity contribution in [2.75, 3.05) is 5.32 Å². The van der Waals surface area contributed by atoms with Gasteiger partial charge in [-0.25, -0.2) is 13.2 Å². The van der Waals surface area contributed by atoms with Crippen LogP contribution in [0.5, 0.6) is 0 Å². The van der Waals surface area contributed by atoms with Crippen LogP contribution in [0.1, 0.15) is 22.8 Å². The van der Waals surface area contributed by atoms with Gasteiger partial charge in [-0.15, -0.1) is 11.3 Å². The van der Waals surface area contributed by atoms with Crippen molar-refractivity contribution in [3.8, 4) is 11.1 Å². The molecule has 0 saturated heterocycles. The molecular formula is C19H12F3NOS. The predicted molar refractivity (Wildman–Crippen MR) is 91.2 cm³/mol. The van der Waals surface area contributed by atoms with Crippen molar-refractivity contribution in [2.45, 2.75) is 12.3 Å². The van der Waals surface area contributed by atoms with Crippen molar-refractivity contribution in [3.05, 3.63) is 75.7 Å². The average Bonchev–Trinajstić information content (AvgIpc) is 2.98. The third kappa shape index (κ3) is 2.82. The van der Waals surface area contributed by atoms with Crippen LogP contribution in [0.25, 0.3) is 11.1 Å². The molecule has 2 heterocycles. The highest BCUT2D eigenvalue weighted by atomic mass is 32.1. The first-order chi connectivity index (χ1) is 12.0. The molecule has 3 aromatic rings. The minimum absolute atomic E-state index is 0.0820. The van der Waals surface area contributed by atoms with Gasteiger partial charge in [0.15, 0.2) is 0 Å². The molecule has 1 atom stereocenters. The van der Waals surface area contributed by atoms with Crippen LogP contribution in [0.4, 0.5) is 18.9 Å². The number of hydrogen-bond acceptors (Lipinski definition) is 2. The van der Waals surface area contributed by atoms with Crippen LogP contribution < -0.4 is 5.32 Å². The molecule has 0 aliphatic carbocycles. The molecule has 0 bridgehead atoms. The summed E-state index contributed by atoms with van der Waals surface area (Å²) in [5.41, 5.74) is 2.18. The van der Waals surface area contributed by atoms with Gasteiger partial charge in [0.25, 0.3) is 0 Å². The first-order valence-corrected chi connectivity index (χ1v) is 8.53. The third-order valence-corrected chi connectivity index (χ3v) is 5.36. The molecule has 25 heavy (non-hydrogen) atoms. The quantitative estimate of drug-likeness (QED) is 0.660. The van der Waals surface area contributed by atoms with E-state index in [0.29, 0.717) is 16.8 Å². The summed E-state index contributed by atoms with van der Waals surface area (Å²) in [7, 11) is 0. The lowest BCUT2D eigenvalue weighted by Gasteiger charge is -2.24. The zero-order valence-electron chi connectivity index (χ0n) is 12.9. The van der Waals surface area contributed by atoms with Crippen LogP contribution in [-0.4, -0.2) is 5.91 Å². The molecule has 1 N–H and O–H groups in total. The molecule has 0 spiro atoms. The number of benzene rings is 2. The Morgan fingerprint density at radius 2 is 1.84 bits per heavy atom. The van der Waals surface area contributed by atoms with Gasteiger partial charge in [-0.3, -0.25) is 4.79 Å². The maximum absolute atomic E-state index is 14.2. The number of fused-ring (bicyclic) bond motifs is 1. The highest BCUT2D eigenvalue weighted by Gasteiger charge is 2.32. The first kappa shape index (κ1) is 15.9. The second-order valence-corrected chi connectivity index (χ2v) is 6.78. The molecule has 2 nitrogen and oxygen atoms in total. The van der Waals surface area contributed by atoms with Crippen LogP contribution in [0.2, 0.25) is 0 Å². The second-order valence-electron chi connectivity index (χ2n) is 5.87. The molecule has 6 heteroatoms. The van der Waals surface area contributed by atoms with Crippen molar-refractivity contribution >= 4 is 22.9 Å². The number of anilines is 1. The van der Waals surface area contributed by atoms with E-state index in [1.807, 2.05) is 5.38 Å². The van der Waals surface area contributed by atoms with Gasteiger partial charge >= 0.3 is 0 Å². The van der Waals surface area contributed by atoms with E-state index in [-0.39, 0.29) is 23.7 Å². The van der Waals surface area contributed by atoms with E-state index in [1.165, 1.54) is 35.6 Å². The molecule has 1 aliphatic rings. The van der Waals surface area contributed by atoms with E-state index in [1.54, 1.807) is 12.1 Å². The van der Waals surface area contributed by atoms with Crippen LogP contribution >= 0.6 is 11.3 Å². The zero-order chi connectivity index (χ0) is 17.6. The molecule has 1 unspecified atom stereocenters. The van der Waals surface area contributed by atoms with Crippen molar-refractivity contribution in [3.63, 3.8) is 0 Å². The molecule has 4 rings (SSSR count). The molecule has 1 amide bonds. The fourth-order valence-electron chi connectivity index (χ4n) is 3.13. The lowest BCUT2D eigenvalue weighted by molar-refractivity contribution is -0.116. The summed E-state index contributed by atoms with van der Waals surface area (Å²) in [6.07, 6.45) is 0.0820. The Bertz CT molecular complexity index is 983. The van der Waals surface area contributed by atoms with Gasteiger partial charge in [0.1, 0.15) is 17.5 Å². The number of carbonyl (C=O) groups excluding carboxylic acids is 1. The molecule has 2 aromatic carbocycles. The van der Waals surface area contributed by atoms with Crippen LogP contribution in [0.15, 0.2) is 47.8 Å². The van der Waals surface area contributed by atoms with E-state index < -0.39 is 17.6 Å². The monoisotopic (exact) mass is 359 g/mol. The summed E-state index contributed by atoms with van der Waals surface area (Å²) in [6.45, 7) is 0. The number of halogens is 3. The van der Waals surface area contributed by atoms with Gasteiger partial charge in [-0.1, -0.05) is 18.2 Å². The van der Waals surface area contributed by atoms with Crippen molar-refractivity contribution in [1.82, 2.24) is 0 Å². The SMILES string of the molecule is O=C1CC(c2ccc(F)cc2F)c2scc(-c3cccc(F)c3)c2N1. The smallest absolute Gasteiger partial charge is 0.225 e. The fraction of sp³-hybridized carbons (Fsp3) is 0.105. The largest absolute Gasteiger partial charge is 0.325 e. The van der Waals surface area contributed by atoms with Crippen molar-refractivity contribution in [1.29, 1.82) is 0 Å². The number of rotatable bonds is 2. The summed E-state index contributed by atoms with van der Waals surface area (Å²) in [4.78, 5) is 12.9. The summed E-state index contributed by atoms with van der Waals surface area (Å²) < 4.78 is 41.0. The third-order valence-electron chi connectivity index (χ3n) is 4.26.